The molecule has 1 fully saturated rings. The summed E-state index contributed by atoms with van der Waals surface area (Å²) in [5.41, 5.74) is 1.29. The van der Waals surface area contributed by atoms with Gasteiger partial charge in [-0.2, -0.15) is 13.2 Å². The van der Waals surface area contributed by atoms with Crippen molar-refractivity contribution in [1.29, 1.82) is 0 Å². The number of rotatable bonds is 4. The summed E-state index contributed by atoms with van der Waals surface area (Å²) in [6.07, 6.45) is 0.635. The Morgan fingerprint density at radius 2 is 1.77 bits per heavy atom. The lowest BCUT2D eigenvalue weighted by Crippen LogP contribution is -2.49. The second-order valence-electron chi connectivity index (χ2n) is 7.60. The van der Waals surface area contributed by atoms with Crippen molar-refractivity contribution in [3.05, 3.63) is 77.3 Å². The zero-order valence-corrected chi connectivity index (χ0v) is 17.1. The van der Waals surface area contributed by atoms with Gasteiger partial charge >= 0.3 is 6.18 Å². The van der Waals surface area contributed by atoms with Crippen LogP contribution in [0.1, 0.15) is 27.3 Å². The van der Waals surface area contributed by atoms with Crippen molar-refractivity contribution in [3.8, 4) is 0 Å². The van der Waals surface area contributed by atoms with Gasteiger partial charge in [-0.3, -0.25) is 14.1 Å². The minimum Gasteiger partial charge on any atom is -0.335 e. The Morgan fingerprint density at radius 3 is 2.45 bits per heavy atom. The molecule has 8 heteroatoms. The van der Waals surface area contributed by atoms with Crippen LogP contribution >= 0.6 is 0 Å². The molecule has 2 aromatic heterocycles. The molecular weight excluding hydrogens is 405 g/mol. The van der Waals surface area contributed by atoms with Gasteiger partial charge in [0.1, 0.15) is 11.3 Å². The average molecular weight is 428 g/mol. The molecule has 0 unspecified atom stereocenters. The van der Waals surface area contributed by atoms with Crippen LogP contribution in [-0.4, -0.2) is 57.8 Å². The fourth-order valence-corrected chi connectivity index (χ4v) is 3.77. The van der Waals surface area contributed by atoms with Crippen LogP contribution in [0.3, 0.4) is 0 Å². The number of carbonyl (C=O) groups excluding carboxylic acids is 1. The van der Waals surface area contributed by atoms with Crippen LogP contribution in [0.2, 0.25) is 0 Å². The molecular formula is C23H23F3N4O. The molecule has 0 saturated carbocycles. The lowest BCUT2D eigenvalue weighted by molar-refractivity contribution is -0.137. The second-order valence-corrected chi connectivity index (χ2v) is 7.60. The standard InChI is InChI=1S/C23H23F3N4O/c1-17-21(30-16-19(23(24,25)26)9-10-20(30)27-17)22(31)29-14-12-28(13-15-29)11-5-8-18-6-3-2-4-7-18/h2-10,16H,11-15H2,1H3/b8-5+. The van der Waals surface area contributed by atoms with E-state index in [1.54, 1.807) is 11.8 Å². The lowest BCUT2D eigenvalue weighted by Gasteiger charge is -2.34. The topological polar surface area (TPSA) is 40.9 Å². The van der Waals surface area contributed by atoms with Crippen molar-refractivity contribution in [3.63, 3.8) is 0 Å². The van der Waals surface area contributed by atoms with Gasteiger partial charge in [0, 0.05) is 38.9 Å². The molecule has 31 heavy (non-hydrogen) atoms. The first-order valence-electron chi connectivity index (χ1n) is 10.1. The number of carbonyl (C=O) groups is 1. The molecule has 1 saturated heterocycles. The van der Waals surface area contributed by atoms with Crippen molar-refractivity contribution in [1.82, 2.24) is 19.2 Å². The van der Waals surface area contributed by atoms with Gasteiger partial charge in [-0.25, -0.2) is 4.98 Å². The second kappa shape index (κ2) is 8.55. The summed E-state index contributed by atoms with van der Waals surface area (Å²) >= 11 is 0. The van der Waals surface area contributed by atoms with Crippen molar-refractivity contribution in [2.24, 2.45) is 0 Å². The smallest absolute Gasteiger partial charge is 0.335 e. The minimum atomic E-state index is -4.48. The van der Waals surface area contributed by atoms with Crippen LogP contribution in [0.25, 0.3) is 11.7 Å². The first-order chi connectivity index (χ1) is 14.8. The number of fused-ring (bicyclic) bond motifs is 1. The number of alkyl halides is 3. The fourth-order valence-electron chi connectivity index (χ4n) is 3.77. The molecule has 1 aliphatic heterocycles. The van der Waals surface area contributed by atoms with E-state index in [0.717, 1.165) is 24.4 Å². The molecule has 0 N–H and O–H groups in total. The van der Waals surface area contributed by atoms with Crippen LogP contribution < -0.4 is 0 Å². The Hall–Kier alpha value is -3.13. The van der Waals surface area contributed by atoms with Crippen LogP contribution in [0.5, 0.6) is 0 Å². The monoisotopic (exact) mass is 428 g/mol. The number of aromatic nitrogens is 2. The van der Waals surface area contributed by atoms with E-state index in [9.17, 15) is 18.0 Å². The zero-order chi connectivity index (χ0) is 22.0. The third kappa shape index (κ3) is 4.64. The molecule has 4 rings (SSSR count). The Kier molecular flexibility index (Phi) is 5.82. The highest BCUT2D eigenvalue weighted by atomic mass is 19.4. The maximum Gasteiger partial charge on any atom is 0.417 e. The van der Waals surface area contributed by atoms with E-state index in [2.05, 4.69) is 22.0 Å². The van der Waals surface area contributed by atoms with Crippen LogP contribution in [0.4, 0.5) is 13.2 Å². The Balaban J connectivity index is 1.43. The summed E-state index contributed by atoms with van der Waals surface area (Å²) < 4.78 is 40.6. The van der Waals surface area contributed by atoms with Crippen molar-refractivity contribution in [2.75, 3.05) is 32.7 Å². The van der Waals surface area contributed by atoms with Gasteiger partial charge in [0.15, 0.2) is 0 Å². The van der Waals surface area contributed by atoms with E-state index < -0.39 is 11.7 Å². The lowest BCUT2D eigenvalue weighted by atomic mass is 10.2. The normalized spacial score (nSPS) is 15.8. The van der Waals surface area contributed by atoms with E-state index >= 15 is 0 Å². The van der Waals surface area contributed by atoms with Crippen LogP contribution in [0, 0.1) is 6.92 Å². The Labute approximate surface area is 178 Å². The summed E-state index contributed by atoms with van der Waals surface area (Å²) in [5.74, 6) is -0.288. The summed E-state index contributed by atoms with van der Waals surface area (Å²) in [4.78, 5) is 21.3. The number of imidazole rings is 1. The molecule has 0 aliphatic carbocycles. The minimum absolute atomic E-state index is 0.193. The van der Waals surface area contributed by atoms with Crippen molar-refractivity contribution < 1.29 is 18.0 Å². The highest BCUT2D eigenvalue weighted by molar-refractivity contribution is 5.94. The molecule has 1 amide bonds. The molecule has 1 aromatic carbocycles. The van der Waals surface area contributed by atoms with E-state index in [0.29, 0.717) is 37.5 Å². The maximum absolute atomic E-state index is 13.1. The Morgan fingerprint density at radius 1 is 1.06 bits per heavy atom. The summed E-state index contributed by atoms with van der Waals surface area (Å²) in [6, 6.07) is 12.3. The average Bonchev–Trinajstić information content (AvgIpc) is 3.09. The first kappa shape index (κ1) is 21.1. The third-order valence-corrected chi connectivity index (χ3v) is 5.46. The number of pyridine rings is 1. The number of nitrogens with zero attached hydrogens (tertiary/aromatic N) is 4. The maximum atomic E-state index is 13.1. The van der Waals surface area contributed by atoms with E-state index in [1.165, 1.54) is 10.5 Å². The van der Waals surface area contributed by atoms with E-state index in [-0.39, 0.29) is 11.6 Å². The van der Waals surface area contributed by atoms with Gasteiger partial charge in [0.2, 0.25) is 0 Å². The van der Waals surface area contributed by atoms with Crippen LogP contribution in [0.15, 0.2) is 54.7 Å². The molecule has 3 heterocycles. The van der Waals surface area contributed by atoms with Crippen molar-refractivity contribution >= 4 is 17.6 Å². The first-order valence-corrected chi connectivity index (χ1v) is 10.1. The number of piperazine rings is 1. The summed E-state index contributed by atoms with van der Waals surface area (Å²) in [5, 5.41) is 0. The van der Waals surface area contributed by atoms with Crippen LogP contribution in [-0.2, 0) is 6.18 Å². The highest BCUT2D eigenvalue weighted by Gasteiger charge is 2.32. The molecule has 1 aliphatic rings. The van der Waals surface area contributed by atoms with Gasteiger partial charge in [-0.1, -0.05) is 42.5 Å². The number of hydrogen-bond acceptors (Lipinski definition) is 3. The number of halogens is 3. The van der Waals surface area contributed by atoms with Crippen molar-refractivity contribution in [2.45, 2.75) is 13.1 Å². The molecule has 162 valence electrons. The number of aryl methyl sites for hydroxylation is 1. The number of benzene rings is 1. The number of hydrogen-bond donors (Lipinski definition) is 0. The predicted molar refractivity (Wildman–Crippen MR) is 113 cm³/mol. The molecule has 0 radical (unpaired) electrons. The molecule has 0 spiro atoms. The SMILES string of the molecule is Cc1nc2ccc(C(F)(F)F)cn2c1C(=O)N1CCN(C/C=C/c2ccccc2)CC1. The zero-order valence-electron chi connectivity index (χ0n) is 17.1. The molecule has 0 atom stereocenters. The van der Waals surface area contributed by atoms with Gasteiger partial charge < -0.3 is 4.90 Å². The Bertz CT molecular complexity index is 1100. The summed E-state index contributed by atoms with van der Waals surface area (Å²) in [7, 11) is 0. The van der Waals surface area contributed by atoms with Gasteiger partial charge in [-0.15, -0.1) is 0 Å². The number of amides is 1. The fraction of sp³-hybridized carbons (Fsp3) is 0.304. The highest BCUT2D eigenvalue weighted by Crippen LogP contribution is 2.30. The molecule has 0 bridgehead atoms. The molecule has 3 aromatic rings. The summed E-state index contributed by atoms with van der Waals surface area (Å²) in [6.45, 7) is 4.87. The van der Waals surface area contributed by atoms with E-state index in [4.69, 9.17) is 0 Å². The van der Waals surface area contributed by atoms with Gasteiger partial charge in [-0.05, 0) is 24.6 Å². The van der Waals surface area contributed by atoms with Gasteiger partial charge in [0.25, 0.3) is 5.91 Å². The third-order valence-electron chi connectivity index (χ3n) is 5.46. The van der Waals surface area contributed by atoms with E-state index in [1.807, 2.05) is 30.3 Å². The largest absolute Gasteiger partial charge is 0.417 e. The molecule has 5 nitrogen and oxygen atoms in total. The van der Waals surface area contributed by atoms with Gasteiger partial charge in [0.05, 0.1) is 11.3 Å². The quantitative estimate of drug-likeness (QED) is 0.628. The predicted octanol–water partition coefficient (Wildman–Crippen LogP) is 4.13.